The molecule has 68 valence electrons. The summed E-state index contributed by atoms with van der Waals surface area (Å²) < 4.78 is 5.01. The maximum Gasteiger partial charge on any atom is 0.0716 e. The van der Waals surface area contributed by atoms with E-state index >= 15 is 0 Å². The van der Waals surface area contributed by atoms with Crippen molar-refractivity contribution in [1.82, 2.24) is 0 Å². The first-order valence-electron chi connectivity index (χ1n) is 3.64. The van der Waals surface area contributed by atoms with Gasteiger partial charge in [-0.05, 0) is 11.1 Å². The molecule has 2 N–H and O–H groups in total. The number of hydrogen-bond donors (Lipinski definition) is 1. The Balaban J connectivity index is 0.00000121. The average Bonchev–Trinajstić information content (AvgIpc) is 2.06. The van der Waals surface area contributed by atoms with Crippen LogP contribution in [0.25, 0.3) is 0 Å². The number of hydrogen-bond acceptors (Lipinski definition) is 2. The molecule has 0 aliphatic heterocycles. The molecule has 1 aromatic carbocycles. The van der Waals surface area contributed by atoms with Gasteiger partial charge in [0.15, 0.2) is 0 Å². The van der Waals surface area contributed by atoms with E-state index in [0.717, 1.165) is 5.56 Å². The highest BCUT2D eigenvalue weighted by Gasteiger charge is 1.96. The van der Waals surface area contributed by atoms with Crippen LogP contribution < -0.4 is 5.73 Å². The van der Waals surface area contributed by atoms with Crippen LogP contribution in [0.3, 0.4) is 0 Å². The van der Waals surface area contributed by atoms with Crippen molar-refractivity contribution in [2.24, 2.45) is 5.73 Å². The number of ether oxygens (including phenoxy) is 1. The van der Waals surface area contributed by atoms with Gasteiger partial charge < -0.3 is 10.5 Å². The maximum atomic E-state index is 5.53. The smallest absolute Gasteiger partial charge is 0.0716 e. The van der Waals surface area contributed by atoms with E-state index in [-0.39, 0.29) is 12.4 Å². The lowest BCUT2D eigenvalue weighted by Crippen LogP contribution is -2.01. The Labute approximate surface area is 79.1 Å². The van der Waals surface area contributed by atoms with Crippen LogP contribution in [0.2, 0.25) is 0 Å². The van der Waals surface area contributed by atoms with E-state index in [1.165, 1.54) is 5.56 Å². The molecule has 0 unspecified atom stereocenters. The second-order valence-corrected chi connectivity index (χ2v) is 2.41. The van der Waals surface area contributed by atoms with Crippen LogP contribution in [0, 0.1) is 0 Å². The molecule has 0 saturated heterocycles. The number of rotatable bonds is 3. The van der Waals surface area contributed by atoms with Gasteiger partial charge >= 0.3 is 0 Å². The van der Waals surface area contributed by atoms with Crippen molar-refractivity contribution in [2.45, 2.75) is 13.2 Å². The van der Waals surface area contributed by atoms with Gasteiger partial charge in [0.1, 0.15) is 0 Å². The summed E-state index contributed by atoms with van der Waals surface area (Å²) in [7, 11) is 1.69. The van der Waals surface area contributed by atoms with Gasteiger partial charge in [-0.25, -0.2) is 0 Å². The van der Waals surface area contributed by atoms with Gasteiger partial charge in [-0.2, -0.15) is 0 Å². The minimum absolute atomic E-state index is 0. The SMILES string of the molecule is COCc1ccccc1CN.Cl. The highest BCUT2D eigenvalue weighted by atomic mass is 35.5. The summed E-state index contributed by atoms with van der Waals surface area (Å²) in [6.45, 7) is 1.23. The van der Waals surface area contributed by atoms with Crippen LogP contribution in [0.1, 0.15) is 11.1 Å². The molecule has 0 radical (unpaired) electrons. The van der Waals surface area contributed by atoms with Crippen LogP contribution in [0.5, 0.6) is 0 Å². The lowest BCUT2D eigenvalue weighted by molar-refractivity contribution is 0.184. The topological polar surface area (TPSA) is 35.2 Å². The van der Waals surface area contributed by atoms with Crippen LogP contribution in [0.15, 0.2) is 24.3 Å². The van der Waals surface area contributed by atoms with Gasteiger partial charge in [-0.3, -0.25) is 0 Å². The summed E-state index contributed by atoms with van der Waals surface area (Å²) in [5, 5.41) is 0. The molecule has 0 heterocycles. The van der Waals surface area contributed by atoms with Crippen LogP contribution in [-0.2, 0) is 17.9 Å². The number of halogens is 1. The second-order valence-electron chi connectivity index (χ2n) is 2.41. The largest absolute Gasteiger partial charge is 0.380 e. The molecular weight excluding hydrogens is 174 g/mol. The third-order valence-corrected chi connectivity index (χ3v) is 1.64. The van der Waals surface area contributed by atoms with E-state index < -0.39 is 0 Å². The maximum absolute atomic E-state index is 5.53. The fourth-order valence-corrected chi connectivity index (χ4v) is 1.05. The Morgan fingerprint density at radius 3 is 2.33 bits per heavy atom. The van der Waals surface area contributed by atoms with Crippen molar-refractivity contribution in [3.63, 3.8) is 0 Å². The summed E-state index contributed by atoms with van der Waals surface area (Å²) in [5.41, 5.74) is 7.87. The molecule has 0 amide bonds. The van der Waals surface area contributed by atoms with E-state index in [4.69, 9.17) is 10.5 Å². The first-order chi connectivity index (χ1) is 5.38. The summed E-state index contributed by atoms with van der Waals surface area (Å²) in [4.78, 5) is 0. The lowest BCUT2D eigenvalue weighted by atomic mass is 10.1. The van der Waals surface area contributed by atoms with Crippen LogP contribution in [0.4, 0.5) is 0 Å². The minimum Gasteiger partial charge on any atom is -0.380 e. The predicted molar refractivity (Wildman–Crippen MR) is 52.3 cm³/mol. The molecule has 0 saturated carbocycles. The second kappa shape index (κ2) is 6.00. The Kier molecular flexibility index (Phi) is 5.72. The summed E-state index contributed by atoms with van der Waals surface area (Å²) in [6, 6.07) is 8.04. The Bertz CT molecular complexity index is 228. The highest BCUT2D eigenvalue weighted by Crippen LogP contribution is 2.08. The van der Waals surface area contributed by atoms with Gasteiger partial charge in [0, 0.05) is 13.7 Å². The quantitative estimate of drug-likeness (QED) is 0.782. The first-order valence-corrected chi connectivity index (χ1v) is 3.64. The van der Waals surface area contributed by atoms with E-state index in [0.29, 0.717) is 13.2 Å². The van der Waals surface area contributed by atoms with Crippen LogP contribution in [-0.4, -0.2) is 7.11 Å². The summed E-state index contributed by atoms with van der Waals surface area (Å²) >= 11 is 0. The molecule has 1 aromatic rings. The predicted octanol–water partition coefficient (Wildman–Crippen LogP) is 1.71. The van der Waals surface area contributed by atoms with Gasteiger partial charge in [-0.1, -0.05) is 24.3 Å². The van der Waals surface area contributed by atoms with E-state index in [2.05, 4.69) is 0 Å². The number of methoxy groups -OCH3 is 1. The van der Waals surface area contributed by atoms with Crippen molar-refractivity contribution in [3.05, 3.63) is 35.4 Å². The van der Waals surface area contributed by atoms with Gasteiger partial charge in [0.05, 0.1) is 6.61 Å². The fraction of sp³-hybridized carbons (Fsp3) is 0.333. The van der Waals surface area contributed by atoms with Gasteiger partial charge in [-0.15, -0.1) is 12.4 Å². The molecule has 0 atom stereocenters. The van der Waals surface area contributed by atoms with E-state index in [1.54, 1.807) is 7.11 Å². The Hall–Kier alpha value is -0.570. The molecule has 12 heavy (non-hydrogen) atoms. The lowest BCUT2D eigenvalue weighted by Gasteiger charge is -2.04. The molecule has 0 aromatic heterocycles. The molecule has 0 bridgehead atoms. The third kappa shape index (κ3) is 2.81. The highest BCUT2D eigenvalue weighted by molar-refractivity contribution is 5.85. The third-order valence-electron chi connectivity index (χ3n) is 1.64. The molecule has 1 rings (SSSR count). The summed E-state index contributed by atoms with van der Waals surface area (Å²) in [5.74, 6) is 0. The first kappa shape index (κ1) is 11.4. The normalized spacial score (nSPS) is 9.17. The minimum atomic E-state index is 0. The van der Waals surface area contributed by atoms with Crippen LogP contribution >= 0.6 is 12.4 Å². The molecule has 0 aliphatic rings. The molecule has 2 nitrogen and oxygen atoms in total. The van der Waals surface area contributed by atoms with Crippen molar-refractivity contribution in [1.29, 1.82) is 0 Å². The van der Waals surface area contributed by atoms with Crippen molar-refractivity contribution in [3.8, 4) is 0 Å². The molecular formula is C9H14ClNO. The molecule has 3 heteroatoms. The zero-order valence-electron chi connectivity index (χ0n) is 7.12. The zero-order chi connectivity index (χ0) is 8.10. The van der Waals surface area contributed by atoms with Crippen molar-refractivity contribution in [2.75, 3.05) is 7.11 Å². The molecule has 0 fully saturated rings. The summed E-state index contributed by atoms with van der Waals surface area (Å²) in [6.07, 6.45) is 0. The van der Waals surface area contributed by atoms with Gasteiger partial charge in [0.2, 0.25) is 0 Å². The van der Waals surface area contributed by atoms with Crippen molar-refractivity contribution >= 4 is 12.4 Å². The molecule has 0 spiro atoms. The van der Waals surface area contributed by atoms with E-state index in [1.807, 2.05) is 24.3 Å². The Morgan fingerprint density at radius 2 is 1.83 bits per heavy atom. The van der Waals surface area contributed by atoms with E-state index in [9.17, 15) is 0 Å². The van der Waals surface area contributed by atoms with Gasteiger partial charge in [0.25, 0.3) is 0 Å². The average molecular weight is 188 g/mol. The number of nitrogens with two attached hydrogens (primary N) is 1. The fourth-order valence-electron chi connectivity index (χ4n) is 1.05. The standard InChI is InChI=1S/C9H13NO.ClH/c1-11-7-9-5-3-2-4-8(9)6-10;/h2-5H,6-7,10H2,1H3;1H. The monoisotopic (exact) mass is 187 g/mol. The van der Waals surface area contributed by atoms with Crippen molar-refractivity contribution < 1.29 is 4.74 Å². The number of benzene rings is 1. The molecule has 0 aliphatic carbocycles. The zero-order valence-corrected chi connectivity index (χ0v) is 7.93. The Morgan fingerprint density at radius 1 is 1.25 bits per heavy atom.